The molecule has 0 aromatic rings. The Morgan fingerprint density at radius 3 is 1.34 bits per heavy atom. The predicted octanol–water partition coefficient (Wildman–Crippen LogP) is 12.8. The monoisotopic (exact) mass is 906 g/mol. The topological polar surface area (TPSA) is 149 Å². The van der Waals surface area contributed by atoms with Crippen molar-refractivity contribution >= 4 is 5.91 Å². The molecule has 1 fully saturated rings. The molecule has 7 atom stereocenters. The van der Waals surface area contributed by atoms with Crippen LogP contribution in [0.25, 0.3) is 0 Å². The first kappa shape index (κ1) is 60.4. The second-order valence-corrected chi connectivity index (χ2v) is 19.0. The summed E-state index contributed by atoms with van der Waals surface area (Å²) in [7, 11) is 0. The van der Waals surface area contributed by atoms with Gasteiger partial charge in [0, 0.05) is 6.42 Å². The van der Waals surface area contributed by atoms with Gasteiger partial charge in [-0.15, -0.1) is 0 Å². The van der Waals surface area contributed by atoms with Gasteiger partial charge in [-0.05, 0) is 51.4 Å². The summed E-state index contributed by atoms with van der Waals surface area (Å²) in [6.45, 7) is 3.79. The van der Waals surface area contributed by atoms with Gasteiger partial charge in [-0.25, -0.2) is 0 Å². The van der Waals surface area contributed by atoms with Gasteiger partial charge in [-0.3, -0.25) is 4.79 Å². The predicted molar refractivity (Wildman–Crippen MR) is 267 cm³/mol. The molecule has 7 unspecified atom stereocenters. The summed E-state index contributed by atoms with van der Waals surface area (Å²) in [5.74, 6) is -0.178. The first-order valence-electron chi connectivity index (χ1n) is 27.2. The molecule has 1 saturated heterocycles. The smallest absolute Gasteiger partial charge is 0.220 e. The lowest BCUT2D eigenvalue weighted by Gasteiger charge is -2.40. The molecule has 1 aliphatic heterocycles. The quantitative estimate of drug-likeness (QED) is 0.0261. The van der Waals surface area contributed by atoms with Crippen LogP contribution in [0.1, 0.15) is 251 Å². The molecular formula is C55H103NO8. The van der Waals surface area contributed by atoms with E-state index in [1.165, 1.54) is 186 Å². The molecule has 1 amide bonds. The number of allylic oxidation sites excluding steroid dienone is 5. The van der Waals surface area contributed by atoms with Crippen LogP contribution in [-0.4, -0.2) is 87.5 Å². The average molecular weight is 906 g/mol. The van der Waals surface area contributed by atoms with E-state index in [9.17, 15) is 30.3 Å². The van der Waals surface area contributed by atoms with Gasteiger partial charge in [0.1, 0.15) is 24.4 Å². The fourth-order valence-electron chi connectivity index (χ4n) is 8.60. The second-order valence-electron chi connectivity index (χ2n) is 19.0. The van der Waals surface area contributed by atoms with Gasteiger partial charge in [-0.2, -0.15) is 0 Å². The Morgan fingerprint density at radius 2 is 0.922 bits per heavy atom. The van der Waals surface area contributed by atoms with Crippen molar-refractivity contribution in [1.29, 1.82) is 0 Å². The maximum absolute atomic E-state index is 13.0. The van der Waals surface area contributed by atoms with E-state index >= 15 is 0 Å². The first-order valence-corrected chi connectivity index (χ1v) is 27.2. The number of ether oxygens (including phenoxy) is 2. The molecule has 1 aliphatic rings. The Bertz CT molecular complexity index is 1100. The molecule has 6 N–H and O–H groups in total. The van der Waals surface area contributed by atoms with Crippen LogP contribution in [0.5, 0.6) is 0 Å². The Balaban J connectivity index is 2.21. The van der Waals surface area contributed by atoms with Gasteiger partial charge >= 0.3 is 0 Å². The molecule has 0 aliphatic carbocycles. The highest BCUT2D eigenvalue weighted by molar-refractivity contribution is 5.76. The van der Waals surface area contributed by atoms with Crippen molar-refractivity contribution < 1.29 is 39.8 Å². The summed E-state index contributed by atoms with van der Waals surface area (Å²) in [4.78, 5) is 13.0. The number of rotatable bonds is 46. The van der Waals surface area contributed by atoms with E-state index in [1.54, 1.807) is 6.08 Å². The van der Waals surface area contributed by atoms with Crippen molar-refractivity contribution in [3.63, 3.8) is 0 Å². The zero-order valence-corrected chi connectivity index (χ0v) is 41.5. The minimum atomic E-state index is -1.57. The molecule has 0 bridgehead atoms. The van der Waals surface area contributed by atoms with Crippen LogP contribution >= 0.6 is 0 Å². The van der Waals surface area contributed by atoms with Crippen molar-refractivity contribution in [1.82, 2.24) is 5.32 Å². The zero-order chi connectivity index (χ0) is 46.6. The lowest BCUT2D eigenvalue weighted by Crippen LogP contribution is -2.60. The van der Waals surface area contributed by atoms with Gasteiger partial charge in [0.05, 0.1) is 25.4 Å². The van der Waals surface area contributed by atoms with Crippen LogP contribution in [0.15, 0.2) is 36.5 Å². The Labute approximate surface area is 393 Å². The van der Waals surface area contributed by atoms with Gasteiger partial charge in [-0.1, -0.05) is 230 Å². The van der Waals surface area contributed by atoms with Crippen molar-refractivity contribution in [2.75, 3.05) is 13.2 Å². The molecule has 0 saturated carbocycles. The SMILES string of the molecule is CCCCCCCCCCC/C=C\C/C=C\CCCCCCCCCCCCCC(=O)NC(COC1OC(CO)C(O)C(O)C1O)C(O)/C=C/CCCCCCCCCCCCCC. The lowest BCUT2D eigenvalue weighted by atomic mass is 9.99. The van der Waals surface area contributed by atoms with Gasteiger partial charge in [0.2, 0.25) is 5.91 Å². The van der Waals surface area contributed by atoms with E-state index < -0.39 is 49.5 Å². The number of aliphatic hydroxyl groups excluding tert-OH is 5. The number of hydrogen-bond acceptors (Lipinski definition) is 8. The van der Waals surface area contributed by atoms with Gasteiger partial charge in [0.25, 0.3) is 0 Å². The Hall–Kier alpha value is -1.59. The van der Waals surface area contributed by atoms with E-state index in [2.05, 4.69) is 43.5 Å². The van der Waals surface area contributed by atoms with Crippen molar-refractivity contribution in [2.24, 2.45) is 0 Å². The third-order valence-corrected chi connectivity index (χ3v) is 13.0. The molecule has 0 radical (unpaired) electrons. The van der Waals surface area contributed by atoms with Crippen LogP contribution in [0.3, 0.4) is 0 Å². The highest BCUT2D eigenvalue weighted by atomic mass is 16.7. The molecule has 0 aromatic carbocycles. The third kappa shape index (κ3) is 34.7. The second kappa shape index (κ2) is 45.2. The number of amides is 1. The summed E-state index contributed by atoms with van der Waals surface area (Å²) in [5.41, 5.74) is 0. The normalized spacial score (nSPS) is 20.3. The maximum atomic E-state index is 13.0. The van der Waals surface area contributed by atoms with Crippen LogP contribution in [0.2, 0.25) is 0 Å². The summed E-state index contributed by atoms with van der Waals surface area (Å²) in [5, 5.41) is 54.4. The summed E-state index contributed by atoms with van der Waals surface area (Å²) >= 11 is 0. The summed E-state index contributed by atoms with van der Waals surface area (Å²) in [6.07, 6.45) is 50.6. The van der Waals surface area contributed by atoms with E-state index in [0.717, 1.165) is 44.9 Å². The third-order valence-electron chi connectivity index (χ3n) is 13.0. The van der Waals surface area contributed by atoms with E-state index in [0.29, 0.717) is 6.42 Å². The molecule has 1 heterocycles. The fourth-order valence-corrected chi connectivity index (χ4v) is 8.60. The highest BCUT2D eigenvalue weighted by Crippen LogP contribution is 2.23. The van der Waals surface area contributed by atoms with Crippen LogP contribution in [-0.2, 0) is 14.3 Å². The molecule has 9 heteroatoms. The summed E-state index contributed by atoms with van der Waals surface area (Å²) in [6, 6.07) is -0.805. The first-order chi connectivity index (χ1) is 31.3. The minimum absolute atomic E-state index is 0.178. The van der Waals surface area contributed by atoms with E-state index in [1.807, 2.05) is 6.08 Å². The Kier molecular flexibility index (Phi) is 42.7. The molecule has 9 nitrogen and oxygen atoms in total. The van der Waals surface area contributed by atoms with Crippen molar-refractivity contribution in [3.05, 3.63) is 36.5 Å². The van der Waals surface area contributed by atoms with Crippen LogP contribution in [0, 0.1) is 0 Å². The molecular weight excluding hydrogens is 803 g/mol. The average Bonchev–Trinajstić information content (AvgIpc) is 3.29. The number of nitrogens with one attached hydrogen (secondary N) is 1. The van der Waals surface area contributed by atoms with Crippen LogP contribution < -0.4 is 5.32 Å². The van der Waals surface area contributed by atoms with Crippen molar-refractivity contribution in [3.8, 4) is 0 Å². The zero-order valence-electron chi connectivity index (χ0n) is 41.5. The summed E-state index contributed by atoms with van der Waals surface area (Å²) < 4.78 is 11.2. The molecule has 64 heavy (non-hydrogen) atoms. The van der Waals surface area contributed by atoms with E-state index in [-0.39, 0.29) is 12.5 Å². The number of aliphatic hydroxyl groups is 5. The largest absolute Gasteiger partial charge is 0.394 e. The molecule has 1 rings (SSSR count). The fraction of sp³-hybridized carbons (Fsp3) is 0.873. The number of carbonyl (C=O) groups excluding carboxylic acids is 1. The molecule has 0 aromatic heterocycles. The van der Waals surface area contributed by atoms with Gasteiger partial charge in [0.15, 0.2) is 6.29 Å². The maximum Gasteiger partial charge on any atom is 0.220 e. The van der Waals surface area contributed by atoms with E-state index in [4.69, 9.17) is 9.47 Å². The minimum Gasteiger partial charge on any atom is -0.394 e. The Morgan fingerprint density at radius 1 is 0.531 bits per heavy atom. The van der Waals surface area contributed by atoms with Crippen molar-refractivity contribution in [2.45, 2.75) is 294 Å². The molecule has 376 valence electrons. The van der Waals surface area contributed by atoms with Gasteiger partial charge < -0.3 is 40.3 Å². The van der Waals surface area contributed by atoms with Crippen LogP contribution in [0.4, 0.5) is 0 Å². The lowest BCUT2D eigenvalue weighted by molar-refractivity contribution is -0.302. The number of unbranched alkanes of at least 4 members (excludes halogenated alkanes) is 32. The molecule has 0 spiro atoms. The standard InChI is InChI=1S/C55H103NO8/c1-3-5-7-9-11-13-15-17-19-20-21-22-23-24-25-26-27-28-29-30-31-33-35-37-39-41-43-45-51(59)56-48(47-63-55-54(62)53(61)52(60)50(46-57)64-55)49(58)44-42-40-38-36-34-32-18-16-14-12-10-8-6-4-2/h21-22,24-25,42,44,48-50,52-55,57-58,60-62H,3-20,23,26-41,43,45-47H2,1-2H3,(H,56,59)/b22-21-,25-24-,44-42+. The number of hydrogen-bond donors (Lipinski definition) is 6. The highest BCUT2D eigenvalue weighted by Gasteiger charge is 2.44. The number of carbonyl (C=O) groups is 1.